The van der Waals surface area contributed by atoms with Crippen LogP contribution in [-0.2, 0) is 14.8 Å². The number of likely N-dealkylation sites (N-methyl/N-ethyl adjacent to an activating group) is 1. The Labute approximate surface area is 199 Å². The van der Waals surface area contributed by atoms with E-state index in [0.29, 0.717) is 22.1 Å². The van der Waals surface area contributed by atoms with Gasteiger partial charge in [0.05, 0.1) is 19.9 Å². The molecular formula is C24H25ClN2O5S. The van der Waals surface area contributed by atoms with Crippen LogP contribution in [0.3, 0.4) is 0 Å². The fourth-order valence-electron chi connectivity index (χ4n) is 3.22. The smallest absolute Gasteiger partial charge is 0.268 e. The van der Waals surface area contributed by atoms with Crippen molar-refractivity contribution in [3.8, 4) is 11.5 Å². The summed E-state index contributed by atoms with van der Waals surface area (Å²) in [5.74, 6) is 0.334. The van der Waals surface area contributed by atoms with E-state index in [4.69, 9.17) is 21.1 Å². The van der Waals surface area contributed by atoms with Crippen molar-refractivity contribution >= 4 is 38.9 Å². The van der Waals surface area contributed by atoms with Gasteiger partial charge in [0.15, 0.2) is 0 Å². The number of hydrogen-bond donors (Lipinski definition) is 0. The van der Waals surface area contributed by atoms with Crippen molar-refractivity contribution in [1.82, 2.24) is 0 Å². The highest BCUT2D eigenvalue weighted by Gasteiger charge is 2.31. The van der Waals surface area contributed by atoms with Gasteiger partial charge in [0.1, 0.15) is 22.9 Å². The maximum atomic E-state index is 13.8. The number of benzene rings is 3. The van der Waals surface area contributed by atoms with E-state index in [1.165, 1.54) is 25.2 Å². The second-order valence-corrected chi connectivity index (χ2v) is 9.56. The molecule has 0 atom stereocenters. The first-order valence-corrected chi connectivity index (χ1v) is 11.8. The summed E-state index contributed by atoms with van der Waals surface area (Å²) in [6.07, 6.45) is 0. The van der Waals surface area contributed by atoms with Crippen LogP contribution in [0.5, 0.6) is 11.5 Å². The number of sulfonamides is 1. The van der Waals surface area contributed by atoms with E-state index in [9.17, 15) is 13.2 Å². The Hall–Kier alpha value is -3.23. The van der Waals surface area contributed by atoms with Gasteiger partial charge in [-0.05, 0) is 61.0 Å². The summed E-state index contributed by atoms with van der Waals surface area (Å²) in [5.41, 5.74) is 1.61. The number of hydrogen-bond acceptors (Lipinski definition) is 5. The molecule has 174 valence electrons. The minimum absolute atomic E-state index is 0.0308. The molecule has 0 heterocycles. The van der Waals surface area contributed by atoms with Gasteiger partial charge in [-0.1, -0.05) is 23.7 Å². The van der Waals surface area contributed by atoms with Crippen molar-refractivity contribution in [3.63, 3.8) is 0 Å². The third-order valence-corrected chi connectivity index (χ3v) is 7.14. The van der Waals surface area contributed by atoms with Crippen LogP contribution in [0, 0.1) is 6.92 Å². The zero-order valence-corrected chi connectivity index (χ0v) is 20.4. The van der Waals surface area contributed by atoms with E-state index < -0.39 is 22.5 Å². The number of halogens is 1. The van der Waals surface area contributed by atoms with Crippen LogP contribution in [-0.4, -0.2) is 42.1 Å². The first-order chi connectivity index (χ1) is 15.7. The van der Waals surface area contributed by atoms with Crippen LogP contribution in [0.2, 0.25) is 5.02 Å². The normalized spacial score (nSPS) is 11.1. The number of methoxy groups -OCH3 is 2. The minimum atomic E-state index is -4.16. The van der Waals surface area contributed by atoms with Crippen LogP contribution in [0.1, 0.15) is 5.56 Å². The number of ether oxygens (including phenoxy) is 2. The summed E-state index contributed by atoms with van der Waals surface area (Å²) >= 11 is 6.01. The molecular weight excluding hydrogens is 464 g/mol. The summed E-state index contributed by atoms with van der Waals surface area (Å²) in [7, 11) is 0.351. The number of carbonyl (C=O) groups is 1. The quantitative estimate of drug-likeness (QED) is 0.466. The lowest BCUT2D eigenvalue weighted by atomic mass is 10.2. The van der Waals surface area contributed by atoms with Gasteiger partial charge < -0.3 is 14.4 Å². The van der Waals surface area contributed by atoms with Crippen molar-refractivity contribution in [3.05, 3.63) is 77.3 Å². The first-order valence-electron chi connectivity index (χ1n) is 10.0. The largest absolute Gasteiger partial charge is 0.497 e. The average Bonchev–Trinajstić information content (AvgIpc) is 2.82. The highest BCUT2D eigenvalue weighted by molar-refractivity contribution is 7.93. The topological polar surface area (TPSA) is 76.2 Å². The molecule has 0 saturated heterocycles. The van der Waals surface area contributed by atoms with Crippen LogP contribution in [0.4, 0.5) is 11.4 Å². The Bertz CT molecular complexity index is 1250. The number of rotatable bonds is 8. The van der Waals surface area contributed by atoms with Crippen LogP contribution >= 0.6 is 11.6 Å². The van der Waals surface area contributed by atoms with Gasteiger partial charge in [-0.25, -0.2) is 8.42 Å². The van der Waals surface area contributed by atoms with Gasteiger partial charge in [-0.2, -0.15) is 0 Å². The van der Waals surface area contributed by atoms with Gasteiger partial charge in [-0.3, -0.25) is 9.10 Å². The number of aryl methyl sites for hydroxylation is 1. The highest BCUT2D eigenvalue weighted by Crippen LogP contribution is 2.32. The SMILES string of the molecule is COc1cccc(N(C)C(=O)CN(c2ccc(Cl)cc2)S(=O)(=O)c2cc(C)ccc2OC)c1. The summed E-state index contributed by atoms with van der Waals surface area (Å²) in [5, 5.41) is 0.448. The van der Waals surface area contributed by atoms with Crippen molar-refractivity contribution in [1.29, 1.82) is 0 Å². The Morgan fingerprint density at radius 3 is 2.27 bits per heavy atom. The summed E-state index contributed by atoms with van der Waals surface area (Å²) < 4.78 is 39.1. The maximum absolute atomic E-state index is 13.8. The molecule has 1 amide bonds. The molecule has 0 saturated carbocycles. The van der Waals surface area contributed by atoms with Crippen molar-refractivity contribution in [2.45, 2.75) is 11.8 Å². The molecule has 0 aliphatic carbocycles. The molecule has 33 heavy (non-hydrogen) atoms. The van der Waals surface area contributed by atoms with Gasteiger partial charge >= 0.3 is 0 Å². The molecule has 0 aliphatic heterocycles. The van der Waals surface area contributed by atoms with E-state index >= 15 is 0 Å². The molecule has 9 heteroatoms. The molecule has 0 unspecified atom stereocenters. The third-order valence-electron chi connectivity index (χ3n) is 5.10. The van der Waals surface area contributed by atoms with E-state index in [0.717, 1.165) is 9.87 Å². The Morgan fingerprint density at radius 1 is 0.939 bits per heavy atom. The second kappa shape index (κ2) is 10.1. The second-order valence-electron chi connectivity index (χ2n) is 7.30. The van der Waals surface area contributed by atoms with Crippen LogP contribution < -0.4 is 18.7 Å². The van der Waals surface area contributed by atoms with E-state index in [2.05, 4.69) is 0 Å². The lowest BCUT2D eigenvalue weighted by Gasteiger charge is -2.27. The van der Waals surface area contributed by atoms with E-state index in [-0.39, 0.29) is 10.6 Å². The van der Waals surface area contributed by atoms with Crippen molar-refractivity contribution < 1.29 is 22.7 Å². The van der Waals surface area contributed by atoms with Crippen molar-refractivity contribution in [2.24, 2.45) is 0 Å². The molecule has 3 aromatic rings. The van der Waals surface area contributed by atoms with Crippen LogP contribution in [0.15, 0.2) is 71.6 Å². The van der Waals surface area contributed by atoms with E-state index in [1.54, 1.807) is 74.6 Å². The monoisotopic (exact) mass is 488 g/mol. The first kappa shape index (κ1) is 24.4. The molecule has 0 N–H and O–H groups in total. The zero-order valence-electron chi connectivity index (χ0n) is 18.8. The van der Waals surface area contributed by atoms with Crippen molar-refractivity contribution in [2.75, 3.05) is 37.0 Å². The fraction of sp³-hybridized carbons (Fsp3) is 0.208. The standard InChI is InChI=1S/C24H25ClN2O5S/c1-17-8-13-22(32-4)23(14-17)33(29,30)27(19-11-9-18(25)10-12-19)16-24(28)26(2)20-6-5-7-21(15-20)31-3/h5-15H,16H2,1-4H3. The molecule has 3 aromatic carbocycles. The molecule has 0 radical (unpaired) electrons. The number of nitrogens with zero attached hydrogens (tertiary/aromatic N) is 2. The minimum Gasteiger partial charge on any atom is -0.497 e. The molecule has 3 rings (SSSR count). The summed E-state index contributed by atoms with van der Waals surface area (Å²) in [4.78, 5) is 14.6. The van der Waals surface area contributed by atoms with E-state index in [1.807, 2.05) is 0 Å². The molecule has 0 bridgehead atoms. The third kappa shape index (κ3) is 5.40. The lowest BCUT2D eigenvalue weighted by molar-refractivity contribution is -0.116. The van der Waals surface area contributed by atoms with Crippen LogP contribution in [0.25, 0.3) is 0 Å². The Morgan fingerprint density at radius 2 is 1.64 bits per heavy atom. The predicted octanol–water partition coefficient (Wildman–Crippen LogP) is 4.52. The molecule has 0 spiro atoms. The molecule has 0 fully saturated rings. The molecule has 7 nitrogen and oxygen atoms in total. The summed E-state index contributed by atoms with van der Waals surface area (Å²) in [6, 6.07) is 18.1. The number of amides is 1. The molecule has 0 aromatic heterocycles. The molecule has 0 aliphatic rings. The Balaban J connectivity index is 2.04. The average molecular weight is 489 g/mol. The lowest BCUT2D eigenvalue weighted by Crippen LogP contribution is -2.42. The number of anilines is 2. The Kier molecular flexibility index (Phi) is 7.50. The fourth-order valence-corrected chi connectivity index (χ4v) is 5.00. The highest BCUT2D eigenvalue weighted by atomic mass is 35.5. The summed E-state index contributed by atoms with van der Waals surface area (Å²) in [6.45, 7) is 1.35. The van der Waals surface area contributed by atoms with Gasteiger partial charge in [0.25, 0.3) is 10.0 Å². The number of carbonyl (C=O) groups excluding carboxylic acids is 1. The van der Waals surface area contributed by atoms with Gasteiger partial charge in [0, 0.05) is 23.8 Å². The van der Waals surface area contributed by atoms with Gasteiger partial charge in [-0.15, -0.1) is 0 Å². The maximum Gasteiger partial charge on any atom is 0.268 e. The van der Waals surface area contributed by atoms with Gasteiger partial charge in [0.2, 0.25) is 5.91 Å². The zero-order chi connectivity index (χ0) is 24.2. The predicted molar refractivity (Wildman–Crippen MR) is 130 cm³/mol.